The molecule has 21 heavy (non-hydrogen) atoms. The van der Waals surface area contributed by atoms with Gasteiger partial charge in [-0.2, -0.15) is 0 Å². The maximum Gasteiger partial charge on any atom is 0.244 e. The van der Waals surface area contributed by atoms with Gasteiger partial charge >= 0.3 is 0 Å². The summed E-state index contributed by atoms with van der Waals surface area (Å²) in [6.07, 6.45) is 2.06. The molecule has 2 heterocycles. The van der Waals surface area contributed by atoms with Crippen molar-refractivity contribution in [2.75, 3.05) is 11.5 Å². The van der Waals surface area contributed by atoms with Crippen LogP contribution in [0.1, 0.15) is 31.0 Å². The van der Waals surface area contributed by atoms with Gasteiger partial charge in [-0.3, -0.25) is 10.1 Å². The van der Waals surface area contributed by atoms with Crippen molar-refractivity contribution in [1.82, 2.24) is 10.2 Å². The average Bonchev–Trinajstić information content (AvgIpc) is 3.08. The number of benzene rings is 1. The van der Waals surface area contributed by atoms with Crippen molar-refractivity contribution in [3.63, 3.8) is 0 Å². The fraction of sp³-hybridized carbons (Fsp3) is 0.533. The lowest BCUT2D eigenvalue weighted by atomic mass is 10.1. The lowest BCUT2D eigenvalue weighted by Gasteiger charge is -2.29. The smallest absolute Gasteiger partial charge is 0.244 e. The third-order valence-electron chi connectivity index (χ3n) is 4.80. The number of hydrogen-bond donors (Lipinski definition) is 1. The maximum absolute atomic E-state index is 12.7. The summed E-state index contributed by atoms with van der Waals surface area (Å²) in [6, 6.07) is 9.62. The van der Waals surface area contributed by atoms with Crippen LogP contribution in [0.15, 0.2) is 30.3 Å². The summed E-state index contributed by atoms with van der Waals surface area (Å²) in [5.41, 5.74) is 0.603. The minimum atomic E-state index is -3.00. The first kappa shape index (κ1) is 13.3. The van der Waals surface area contributed by atoms with E-state index >= 15 is 0 Å². The van der Waals surface area contributed by atoms with E-state index in [4.69, 9.17) is 0 Å². The van der Waals surface area contributed by atoms with Crippen LogP contribution in [-0.2, 0) is 14.6 Å². The van der Waals surface area contributed by atoms with Crippen molar-refractivity contribution < 1.29 is 13.2 Å². The van der Waals surface area contributed by atoms with Crippen molar-refractivity contribution in [1.29, 1.82) is 0 Å². The van der Waals surface area contributed by atoms with Gasteiger partial charge in [0.25, 0.3) is 0 Å². The third kappa shape index (κ3) is 2.08. The van der Waals surface area contributed by atoms with Crippen LogP contribution < -0.4 is 5.32 Å². The maximum atomic E-state index is 12.7. The van der Waals surface area contributed by atoms with E-state index in [0.29, 0.717) is 6.42 Å². The van der Waals surface area contributed by atoms with Crippen LogP contribution in [0, 0.1) is 0 Å². The van der Waals surface area contributed by atoms with Gasteiger partial charge in [0, 0.05) is 6.04 Å². The van der Waals surface area contributed by atoms with Crippen LogP contribution in [0.25, 0.3) is 0 Å². The zero-order chi connectivity index (χ0) is 14.7. The zero-order valence-corrected chi connectivity index (χ0v) is 12.5. The fourth-order valence-corrected chi connectivity index (χ4v) is 5.20. The Hall–Kier alpha value is -1.40. The highest BCUT2D eigenvalue weighted by molar-refractivity contribution is 7.91. The van der Waals surface area contributed by atoms with Crippen LogP contribution in [0.5, 0.6) is 0 Å². The van der Waals surface area contributed by atoms with Gasteiger partial charge in [-0.25, -0.2) is 8.42 Å². The van der Waals surface area contributed by atoms with Crippen LogP contribution in [0.2, 0.25) is 0 Å². The topological polar surface area (TPSA) is 66.5 Å². The van der Waals surface area contributed by atoms with E-state index in [1.165, 1.54) is 0 Å². The number of nitrogens with one attached hydrogen (secondary N) is 1. The summed E-state index contributed by atoms with van der Waals surface area (Å²) in [6.45, 7) is 0. The van der Waals surface area contributed by atoms with Crippen LogP contribution in [0.4, 0.5) is 0 Å². The molecule has 2 saturated heterocycles. The SMILES string of the molecule is O=C1N(C2CCS(=O)(=O)C2)C(c2ccccc2)NC12CC2. The minimum absolute atomic E-state index is 0.0819. The molecule has 0 radical (unpaired) electrons. The Kier molecular flexibility index (Phi) is 2.72. The largest absolute Gasteiger partial charge is 0.317 e. The van der Waals surface area contributed by atoms with Gasteiger partial charge in [-0.05, 0) is 24.8 Å². The molecule has 0 aromatic heterocycles. The second-order valence-electron chi connectivity index (χ2n) is 6.31. The Morgan fingerprint density at radius 1 is 1.19 bits per heavy atom. The van der Waals surface area contributed by atoms with Crippen molar-refractivity contribution in [2.45, 2.75) is 37.0 Å². The van der Waals surface area contributed by atoms with Gasteiger partial charge < -0.3 is 4.90 Å². The summed E-state index contributed by atoms with van der Waals surface area (Å²) in [5.74, 6) is 0.369. The molecular formula is C15H18N2O3S. The molecule has 2 unspecified atom stereocenters. The number of sulfone groups is 1. The van der Waals surface area contributed by atoms with E-state index in [1.54, 1.807) is 4.90 Å². The van der Waals surface area contributed by atoms with Crippen molar-refractivity contribution in [3.8, 4) is 0 Å². The molecule has 1 spiro atoms. The van der Waals surface area contributed by atoms with Gasteiger partial charge in [-0.15, -0.1) is 0 Å². The van der Waals surface area contributed by atoms with E-state index in [0.717, 1.165) is 18.4 Å². The molecule has 3 aliphatic rings. The lowest BCUT2D eigenvalue weighted by molar-refractivity contribution is -0.132. The molecular weight excluding hydrogens is 288 g/mol. The molecule has 4 rings (SSSR count). The zero-order valence-electron chi connectivity index (χ0n) is 11.7. The number of amides is 1. The Balaban J connectivity index is 1.70. The Morgan fingerprint density at radius 3 is 2.48 bits per heavy atom. The monoisotopic (exact) mass is 306 g/mol. The molecule has 3 fully saturated rings. The van der Waals surface area contributed by atoms with Crippen molar-refractivity contribution in [3.05, 3.63) is 35.9 Å². The minimum Gasteiger partial charge on any atom is -0.317 e. The van der Waals surface area contributed by atoms with Gasteiger partial charge in [-0.1, -0.05) is 30.3 Å². The van der Waals surface area contributed by atoms with Crippen LogP contribution in [0.3, 0.4) is 0 Å². The van der Waals surface area contributed by atoms with Gasteiger partial charge in [0.15, 0.2) is 9.84 Å². The Bertz CT molecular complexity index is 682. The molecule has 1 saturated carbocycles. The summed E-state index contributed by atoms with van der Waals surface area (Å²) in [7, 11) is -3.00. The third-order valence-corrected chi connectivity index (χ3v) is 6.55. The first-order valence-corrected chi connectivity index (χ1v) is 9.19. The molecule has 1 aromatic carbocycles. The molecule has 1 aliphatic carbocycles. The van der Waals surface area contributed by atoms with E-state index in [-0.39, 0.29) is 29.6 Å². The second kappa shape index (κ2) is 4.30. The summed E-state index contributed by atoms with van der Waals surface area (Å²) in [5, 5.41) is 3.44. The predicted molar refractivity (Wildman–Crippen MR) is 78.2 cm³/mol. The molecule has 1 amide bonds. The molecule has 0 bridgehead atoms. The molecule has 112 valence electrons. The predicted octanol–water partition coefficient (Wildman–Crippen LogP) is 0.837. The highest BCUT2D eigenvalue weighted by Gasteiger charge is 2.61. The van der Waals surface area contributed by atoms with Crippen LogP contribution in [-0.4, -0.2) is 42.3 Å². The number of carbonyl (C=O) groups excluding carboxylic acids is 1. The van der Waals surface area contributed by atoms with Crippen molar-refractivity contribution in [2.24, 2.45) is 0 Å². The van der Waals surface area contributed by atoms with Gasteiger partial charge in [0.1, 0.15) is 11.7 Å². The number of rotatable bonds is 2. The van der Waals surface area contributed by atoms with E-state index < -0.39 is 15.4 Å². The molecule has 6 heteroatoms. The number of carbonyl (C=O) groups is 1. The van der Waals surface area contributed by atoms with Crippen LogP contribution >= 0.6 is 0 Å². The second-order valence-corrected chi connectivity index (χ2v) is 8.54. The Labute approximate surface area is 124 Å². The highest BCUT2D eigenvalue weighted by Crippen LogP contribution is 2.47. The standard InChI is InChI=1S/C15H18N2O3S/c18-14-15(7-8-15)16-13(11-4-2-1-3-5-11)17(14)12-6-9-21(19,20)10-12/h1-5,12-13,16H,6-10H2. The molecule has 1 N–H and O–H groups in total. The average molecular weight is 306 g/mol. The normalized spacial score (nSPS) is 32.8. The van der Waals surface area contributed by atoms with E-state index in [2.05, 4.69) is 5.32 Å². The summed E-state index contributed by atoms with van der Waals surface area (Å²) in [4.78, 5) is 14.5. The van der Waals surface area contributed by atoms with E-state index in [1.807, 2.05) is 30.3 Å². The van der Waals surface area contributed by atoms with E-state index in [9.17, 15) is 13.2 Å². The lowest BCUT2D eigenvalue weighted by Crippen LogP contribution is -2.41. The molecule has 5 nitrogen and oxygen atoms in total. The number of nitrogens with zero attached hydrogens (tertiary/aromatic N) is 1. The van der Waals surface area contributed by atoms with Crippen molar-refractivity contribution >= 4 is 15.7 Å². The molecule has 2 atom stereocenters. The first-order chi connectivity index (χ1) is 10.0. The molecule has 2 aliphatic heterocycles. The fourth-order valence-electron chi connectivity index (χ4n) is 3.49. The summed E-state index contributed by atoms with van der Waals surface area (Å²) >= 11 is 0. The van der Waals surface area contributed by atoms with Gasteiger partial charge in [0.2, 0.25) is 5.91 Å². The highest BCUT2D eigenvalue weighted by atomic mass is 32.2. The quantitative estimate of drug-likeness (QED) is 0.879. The number of hydrogen-bond acceptors (Lipinski definition) is 4. The Morgan fingerprint density at radius 2 is 1.90 bits per heavy atom. The first-order valence-electron chi connectivity index (χ1n) is 7.37. The summed E-state index contributed by atoms with van der Waals surface area (Å²) < 4.78 is 23.5. The molecule has 1 aromatic rings. The van der Waals surface area contributed by atoms with Gasteiger partial charge in [0.05, 0.1) is 11.5 Å².